The molecule has 0 bridgehead atoms. The van der Waals surface area contributed by atoms with Gasteiger partial charge in [-0.25, -0.2) is 0 Å². The van der Waals surface area contributed by atoms with Crippen molar-refractivity contribution in [3.8, 4) is 0 Å². The van der Waals surface area contributed by atoms with Crippen LogP contribution in [0.5, 0.6) is 0 Å². The van der Waals surface area contributed by atoms with Crippen molar-refractivity contribution in [1.82, 2.24) is 31.5 Å². The van der Waals surface area contributed by atoms with Gasteiger partial charge in [-0.1, -0.05) is 6.42 Å². The predicted octanol–water partition coefficient (Wildman–Crippen LogP) is -3.36. The molecule has 1 aliphatic heterocycles. The van der Waals surface area contributed by atoms with E-state index < -0.39 is 97.5 Å². The van der Waals surface area contributed by atoms with E-state index in [1.165, 1.54) is 12.2 Å². The highest BCUT2D eigenvalue weighted by Crippen LogP contribution is 2.11. The van der Waals surface area contributed by atoms with Crippen molar-refractivity contribution in [2.45, 2.75) is 64.5 Å². The number of nitrogens with zero attached hydrogens (tertiary/aromatic N) is 1. The third-order valence-electron chi connectivity index (χ3n) is 5.40. The van der Waals surface area contributed by atoms with Gasteiger partial charge in [0.25, 0.3) is 11.8 Å². The second kappa shape index (κ2) is 17.9. The normalized spacial score (nSPS) is 13.1. The smallest absolute Gasteiger partial charge is 0.308 e. The summed E-state index contributed by atoms with van der Waals surface area (Å²) in [5.74, 6) is -5.85. The first-order valence-corrected chi connectivity index (χ1v) is 13.5. The van der Waals surface area contributed by atoms with E-state index in [0.29, 0.717) is 19.3 Å². The number of unbranched alkanes of at least 4 members (excludes halogenated alkanes) is 2. The van der Waals surface area contributed by atoms with E-state index in [1.54, 1.807) is 20.8 Å². The molecule has 0 spiro atoms. The molecule has 238 valence electrons. The van der Waals surface area contributed by atoms with Crippen LogP contribution in [-0.2, 0) is 47.9 Å². The number of hydrogen-bond acceptors (Lipinski definition) is 10. The molecule has 0 unspecified atom stereocenters. The van der Waals surface area contributed by atoms with Gasteiger partial charge in [-0.2, -0.15) is 0 Å². The molecule has 0 saturated carbocycles. The average molecular weight is 610 g/mol. The van der Waals surface area contributed by atoms with Crippen molar-refractivity contribution in [1.29, 1.82) is 0 Å². The van der Waals surface area contributed by atoms with E-state index >= 15 is 0 Å². The lowest BCUT2D eigenvalue weighted by Crippen LogP contribution is -2.51. The van der Waals surface area contributed by atoms with Gasteiger partial charge < -0.3 is 37.1 Å². The third-order valence-corrected chi connectivity index (χ3v) is 5.40. The summed E-state index contributed by atoms with van der Waals surface area (Å²) < 4.78 is 5.23. The molecule has 0 fully saturated rings. The Morgan fingerprint density at radius 3 is 1.79 bits per heavy atom. The molecule has 1 atom stereocenters. The number of esters is 1. The first-order chi connectivity index (χ1) is 20.1. The van der Waals surface area contributed by atoms with Gasteiger partial charge >= 0.3 is 5.97 Å². The first-order valence-electron chi connectivity index (χ1n) is 13.5. The number of hydrogen-bond donors (Lipinski definition) is 6. The molecule has 17 nitrogen and oxygen atoms in total. The van der Waals surface area contributed by atoms with Crippen LogP contribution < -0.4 is 32.3 Å². The zero-order valence-electron chi connectivity index (χ0n) is 24.4. The Hall–Kier alpha value is -4.83. The molecule has 1 aliphatic rings. The summed E-state index contributed by atoms with van der Waals surface area (Å²) in [6, 6.07) is -1.36. The van der Waals surface area contributed by atoms with Crippen molar-refractivity contribution < 1.29 is 47.9 Å². The van der Waals surface area contributed by atoms with Crippen LogP contribution in [0.1, 0.15) is 52.9 Å². The maximum absolute atomic E-state index is 12.7. The van der Waals surface area contributed by atoms with Crippen LogP contribution >= 0.6 is 0 Å². The second-order valence-electron chi connectivity index (χ2n) is 10.4. The molecule has 1 heterocycles. The molecule has 0 aromatic heterocycles. The fraction of sp³-hybridized carbons (Fsp3) is 0.577. The SMILES string of the molecule is CC(C)(C)OC(=O)C[C@H](NC(=O)CCCCCN1C(=O)C=CC1=O)C(=O)NCC(=O)NCC(=O)NCC(=O)NCC(N)=O. The van der Waals surface area contributed by atoms with E-state index in [9.17, 15) is 43.2 Å². The molecule has 0 aromatic carbocycles. The Balaban J connectivity index is 2.52. The van der Waals surface area contributed by atoms with Crippen LogP contribution in [0.4, 0.5) is 0 Å². The Kier molecular flexibility index (Phi) is 15.0. The number of ether oxygens (including phenoxy) is 1. The standard InChI is InChI=1S/C26H39N7O10/c1-26(2,3)43-24(41)11-16(32-18(35)7-5-4-6-10-33-22(39)8-9-23(33)40)25(42)31-15-21(38)30-14-20(37)29-13-19(36)28-12-17(27)34/h8-9,16H,4-7,10-15H2,1-3H3,(H2,27,34)(H,28,36)(H,29,37)(H,30,38)(H,31,42)(H,32,35)/t16-/m0/s1. The highest BCUT2D eigenvalue weighted by molar-refractivity contribution is 6.12. The number of imide groups is 1. The fourth-order valence-corrected chi connectivity index (χ4v) is 3.43. The lowest BCUT2D eigenvalue weighted by atomic mass is 10.1. The van der Waals surface area contributed by atoms with Crippen LogP contribution in [0.15, 0.2) is 12.2 Å². The summed E-state index contributed by atoms with van der Waals surface area (Å²) in [5, 5.41) is 11.3. The molecular weight excluding hydrogens is 570 g/mol. The monoisotopic (exact) mass is 609 g/mol. The van der Waals surface area contributed by atoms with Crippen molar-refractivity contribution in [3.05, 3.63) is 12.2 Å². The fourth-order valence-electron chi connectivity index (χ4n) is 3.43. The lowest BCUT2D eigenvalue weighted by Gasteiger charge is -2.22. The minimum absolute atomic E-state index is 0.00556. The van der Waals surface area contributed by atoms with Crippen molar-refractivity contribution in [3.63, 3.8) is 0 Å². The molecule has 0 saturated heterocycles. The van der Waals surface area contributed by atoms with Gasteiger partial charge in [0, 0.05) is 25.1 Å². The van der Waals surface area contributed by atoms with Gasteiger partial charge in [-0.3, -0.25) is 48.1 Å². The van der Waals surface area contributed by atoms with E-state index in [-0.39, 0.29) is 13.0 Å². The van der Waals surface area contributed by atoms with Crippen molar-refractivity contribution >= 4 is 53.2 Å². The van der Waals surface area contributed by atoms with Gasteiger partial charge in [0.1, 0.15) is 11.6 Å². The highest BCUT2D eigenvalue weighted by Gasteiger charge is 2.27. The number of nitrogens with two attached hydrogens (primary N) is 1. The minimum atomic E-state index is -1.36. The molecule has 0 radical (unpaired) electrons. The maximum atomic E-state index is 12.7. The van der Waals surface area contributed by atoms with Crippen LogP contribution in [-0.4, -0.2) is 102 Å². The van der Waals surface area contributed by atoms with Crippen LogP contribution in [0, 0.1) is 0 Å². The van der Waals surface area contributed by atoms with E-state index in [2.05, 4.69) is 26.6 Å². The largest absolute Gasteiger partial charge is 0.460 e. The topological polar surface area (TPSA) is 252 Å². The van der Waals surface area contributed by atoms with Gasteiger partial charge in [-0.05, 0) is 33.6 Å². The summed E-state index contributed by atoms with van der Waals surface area (Å²) in [5.41, 5.74) is 4.04. The quantitative estimate of drug-likeness (QED) is 0.0511. The predicted molar refractivity (Wildman–Crippen MR) is 148 cm³/mol. The minimum Gasteiger partial charge on any atom is -0.460 e. The van der Waals surface area contributed by atoms with Crippen LogP contribution in [0.25, 0.3) is 0 Å². The number of rotatable bonds is 18. The van der Waals surface area contributed by atoms with Gasteiger partial charge in [0.15, 0.2) is 0 Å². The highest BCUT2D eigenvalue weighted by atomic mass is 16.6. The summed E-state index contributed by atoms with van der Waals surface area (Å²) in [4.78, 5) is 108. The van der Waals surface area contributed by atoms with E-state index in [4.69, 9.17) is 10.5 Å². The van der Waals surface area contributed by atoms with E-state index in [1.807, 2.05) is 0 Å². The van der Waals surface area contributed by atoms with Gasteiger partial charge in [-0.15, -0.1) is 0 Å². The Morgan fingerprint density at radius 2 is 1.28 bits per heavy atom. The zero-order valence-corrected chi connectivity index (χ0v) is 24.4. The maximum Gasteiger partial charge on any atom is 0.308 e. The summed E-state index contributed by atoms with van der Waals surface area (Å²) in [6.07, 6.45) is 3.23. The molecule has 8 amide bonds. The Labute approximate surface area is 248 Å². The molecule has 43 heavy (non-hydrogen) atoms. The van der Waals surface area contributed by atoms with Crippen LogP contribution in [0.3, 0.4) is 0 Å². The molecule has 17 heteroatoms. The summed E-state index contributed by atoms with van der Waals surface area (Å²) in [7, 11) is 0. The molecule has 0 aliphatic carbocycles. The number of amides is 8. The average Bonchev–Trinajstić information content (AvgIpc) is 3.23. The molecule has 0 aromatic rings. The second-order valence-corrected chi connectivity index (χ2v) is 10.4. The number of carbonyl (C=O) groups is 9. The van der Waals surface area contributed by atoms with E-state index in [0.717, 1.165) is 4.90 Å². The molecular formula is C26H39N7O10. The molecule has 1 rings (SSSR count). The number of primary amides is 1. The first kappa shape index (κ1) is 36.2. The van der Waals surface area contributed by atoms with Crippen molar-refractivity contribution in [2.24, 2.45) is 5.73 Å². The van der Waals surface area contributed by atoms with Gasteiger partial charge in [0.05, 0.1) is 32.6 Å². The van der Waals surface area contributed by atoms with Crippen LogP contribution in [0.2, 0.25) is 0 Å². The summed E-state index contributed by atoms with van der Waals surface area (Å²) in [6.45, 7) is 3.14. The Morgan fingerprint density at radius 1 is 0.767 bits per heavy atom. The van der Waals surface area contributed by atoms with Crippen molar-refractivity contribution in [2.75, 3.05) is 32.7 Å². The number of nitrogens with one attached hydrogen (secondary N) is 5. The number of carbonyl (C=O) groups excluding carboxylic acids is 9. The third kappa shape index (κ3) is 16.3. The van der Waals surface area contributed by atoms with Gasteiger partial charge in [0.2, 0.25) is 35.4 Å². The zero-order chi connectivity index (χ0) is 32.6. The summed E-state index contributed by atoms with van der Waals surface area (Å²) >= 11 is 0. The lowest BCUT2D eigenvalue weighted by molar-refractivity contribution is -0.156. The Bertz CT molecular complexity index is 1110. The molecule has 7 N–H and O–H groups in total.